The molecule has 0 bridgehead atoms. The van der Waals surface area contributed by atoms with E-state index in [2.05, 4.69) is 28.6 Å². The number of nitrogens with one attached hydrogen (secondary N) is 1. The molecule has 1 aromatic heterocycles. The molecule has 1 saturated heterocycles. The zero-order valence-corrected chi connectivity index (χ0v) is 24.7. The van der Waals surface area contributed by atoms with Gasteiger partial charge in [0.1, 0.15) is 0 Å². The van der Waals surface area contributed by atoms with Gasteiger partial charge in [-0.25, -0.2) is 8.42 Å². The number of rotatable bonds is 11. The van der Waals surface area contributed by atoms with E-state index in [1.54, 1.807) is 48.5 Å². The van der Waals surface area contributed by atoms with Gasteiger partial charge in [-0.05, 0) is 54.6 Å². The lowest BCUT2D eigenvalue weighted by Crippen LogP contribution is -2.44. The van der Waals surface area contributed by atoms with Crippen molar-refractivity contribution in [3.63, 3.8) is 0 Å². The van der Waals surface area contributed by atoms with Crippen molar-refractivity contribution < 1.29 is 23.0 Å². The first-order valence-corrected chi connectivity index (χ1v) is 15.6. The largest absolute Gasteiger partial charge is 0.392 e. The minimum atomic E-state index is -3.75. The first-order chi connectivity index (χ1) is 20.3. The molecular weight excluding hydrogens is 550 g/mol. The summed E-state index contributed by atoms with van der Waals surface area (Å²) in [5.74, 6) is 0.0262. The van der Waals surface area contributed by atoms with Crippen LogP contribution in [-0.4, -0.2) is 49.6 Å². The number of hydrogen-bond acceptors (Lipinski definition) is 7. The van der Waals surface area contributed by atoms with Crippen LogP contribution in [0.2, 0.25) is 0 Å². The van der Waals surface area contributed by atoms with Crippen molar-refractivity contribution in [2.75, 3.05) is 24.9 Å². The fraction of sp³-hybridized carbons (Fsp3) is 0.303. The maximum Gasteiger partial charge on any atom is 0.261 e. The number of ether oxygens (including phenoxy) is 2. The molecule has 1 fully saturated rings. The normalized spacial score (nSPS) is 20.9. The summed E-state index contributed by atoms with van der Waals surface area (Å²) in [6.45, 7) is 3.60. The van der Waals surface area contributed by atoms with Crippen LogP contribution in [0.5, 0.6) is 0 Å². The summed E-state index contributed by atoms with van der Waals surface area (Å²) in [6.07, 6.45) is 1.50. The van der Waals surface area contributed by atoms with Gasteiger partial charge in [0, 0.05) is 48.6 Å². The van der Waals surface area contributed by atoms with Gasteiger partial charge in [0.25, 0.3) is 10.0 Å². The van der Waals surface area contributed by atoms with Gasteiger partial charge in [0.15, 0.2) is 6.29 Å². The van der Waals surface area contributed by atoms with E-state index in [1.807, 2.05) is 54.7 Å². The summed E-state index contributed by atoms with van der Waals surface area (Å²) in [7, 11) is -1.67. The molecule has 4 atom stereocenters. The minimum Gasteiger partial charge on any atom is -0.392 e. The van der Waals surface area contributed by atoms with Crippen molar-refractivity contribution in [2.45, 2.75) is 43.3 Å². The Kier molecular flexibility index (Phi) is 9.66. The first kappa shape index (κ1) is 29.9. The maximum atomic E-state index is 13.0. The van der Waals surface area contributed by atoms with Gasteiger partial charge >= 0.3 is 0 Å². The second-order valence-corrected chi connectivity index (χ2v) is 12.4. The summed E-state index contributed by atoms with van der Waals surface area (Å²) in [6, 6.07) is 29.2. The van der Waals surface area contributed by atoms with Gasteiger partial charge in [0.2, 0.25) is 0 Å². The van der Waals surface area contributed by atoms with Crippen LogP contribution >= 0.6 is 0 Å². The Balaban J connectivity index is 1.37. The molecule has 0 amide bonds. The SMILES string of the molecule is C[C@H]1[C@@H](CN(C)CCc2ccccn2)OC(c2cccc(NS(=O)(=O)c3ccccc3)c2)O[C@H]1c1ccc(CO)cc1. The summed E-state index contributed by atoms with van der Waals surface area (Å²) < 4.78 is 41.7. The summed E-state index contributed by atoms with van der Waals surface area (Å²) in [4.78, 5) is 6.87. The molecule has 3 aromatic carbocycles. The highest BCUT2D eigenvalue weighted by molar-refractivity contribution is 7.92. The van der Waals surface area contributed by atoms with Gasteiger partial charge in [0.05, 0.1) is 23.7 Å². The Bertz CT molecular complexity index is 1540. The lowest BCUT2D eigenvalue weighted by Gasteiger charge is -2.42. The van der Waals surface area contributed by atoms with Crippen LogP contribution in [0, 0.1) is 5.92 Å². The zero-order valence-electron chi connectivity index (χ0n) is 23.8. The molecule has 42 heavy (non-hydrogen) atoms. The van der Waals surface area contributed by atoms with Gasteiger partial charge in [-0.15, -0.1) is 0 Å². The molecule has 0 saturated carbocycles. The molecule has 1 unspecified atom stereocenters. The van der Waals surface area contributed by atoms with E-state index in [4.69, 9.17) is 9.47 Å². The Labute approximate surface area is 248 Å². The van der Waals surface area contributed by atoms with Crippen molar-refractivity contribution in [3.05, 3.63) is 126 Å². The third-order valence-corrected chi connectivity index (χ3v) is 8.95. The van der Waals surface area contributed by atoms with Crippen LogP contribution in [0.15, 0.2) is 108 Å². The maximum absolute atomic E-state index is 13.0. The van der Waals surface area contributed by atoms with Crippen LogP contribution in [0.4, 0.5) is 5.69 Å². The summed E-state index contributed by atoms with van der Waals surface area (Å²) in [5, 5.41) is 9.52. The molecule has 0 aliphatic carbocycles. The fourth-order valence-electron chi connectivity index (χ4n) is 5.14. The molecule has 9 heteroatoms. The fourth-order valence-corrected chi connectivity index (χ4v) is 6.21. The second-order valence-electron chi connectivity index (χ2n) is 10.7. The molecular formula is C33H37N3O5S. The van der Waals surface area contributed by atoms with E-state index in [-0.39, 0.29) is 29.6 Å². The van der Waals surface area contributed by atoms with E-state index in [1.165, 1.54) is 0 Å². The molecule has 0 radical (unpaired) electrons. The lowest BCUT2D eigenvalue weighted by atomic mass is 9.90. The monoisotopic (exact) mass is 587 g/mol. The average Bonchev–Trinajstić information content (AvgIpc) is 3.02. The number of aliphatic hydroxyl groups is 1. The van der Waals surface area contributed by atoms with Gasteiger partial charge < -0.3 is 19.5 Å². The molecule has 220 valence electrons. The average molecular weight is 588 g/mol. The number of likely N-dealkylation sites (N-methyl/N-ethyl adjacent to an activating group) is 1. The second kappa shape index (κ2) is 13.6. The number of pyridine rings is 1. The van der Waals surface area contributed by atoms with Crippen molar-refractivity contribution in [3.8, 4) is 0 Å². The Morgan fingerprint density at radius 3 is 2.38 bits per heavy atom. The van der Waals surface area contributed by atoms with Crippen LogP contribution in [0.3, 0.4) is 0 Å². The Hall–Kier alpha value is -3.60. The topological polar surface area (TPSA) is 101 Å². The van der Waals surface area contributed by atoms with Crippen LogP contribution in [0.25, 0.3) is 0 Å². The van der Waals surface area contributed by atoms with E-state index in [0.29, 0.717) is 17.8 Å². The predicted molar refractivity (Wildman–Crippen MR) is 162 cm³/mol. The van der Waals surface area contributed by atoms with E-state index in [0.717, 1.165) is 29.8 Å². The third kappa shape index (κ3) is 7.42. The number of nitrogens with zero attached hydrogens (tertiary/aromatic N) is 2. The highest BCUT2D eigenvalue weighted by Gasteiger charge is 2.39. The number of benzene rings is 3. The van der Waals surface area contributed by atoms with Crippen molar-refractivity contribution >= 4 is 15.7 Å². The van der Waals surface area contributed by atoms with E-state index >= 15 is 0 Å². The van der Waals surface area contributed by atoms with Crippen molar-refractivity contribution in [1.29, 1.82) is 0 Å². The molecule has 1 aliphatic heterocycles. The molecule has 0 spiro atoms. The van der Waals surface area contributed by atoms with E-state index in [9.17, 15) is 13.5 Å². The third-order valence-electron chi connectivity index (χ3n) is 7.56. The highest BCUT2D eigenvalue weighted by Crippen LogP contribution is 2.42. The van der Waals surface area contributed by atoms with Crippen molar-refractivity contribution in [1.82, 2.24) is 9.88 Å². The predicted octanol–water partition coefficient (Wildman–Crippen LogP) is 5.34. The van der Waals surface area contributed by atoms with Gasteiger partial charge in [-0.3, -0.25) is 9.71 Å². The number of sulfonamides is 1. The van der Waals surface area contributed by atoms with Gasteiger partial charge in [-0.1, -0.05) is 67.6 Å². The Morgan fingerprint density at radius 2 is 1.67 bits per heavy atom. The van der Waals surface area contributed by atoms with Crippen LogP contribution < -0.4 is 4.72 Å². The molecule has 2 N–H and O–H groups in total. The smallest absolute Gasteiger partial charge is 0.261 e. The number of aliphatic hydroxyl groups excluding tert-OH is 1. The molecule has 1 aliphatic rings. The first-order valence-electron chi connectivity index (χ1n) is 14.1. The number of aromatic nitrogens is 1. The van der Waals surface area contributed by atoms with Crippen molar-refractivity contribution in [2.24, 2.45) is 5.92 Å². The molecule has 4 aromatic rings. The molecule has 2 heterocycles. The lowest BCUT2D eigenvalue weighted by molar-refractivity contribution is -0.275. The van der Waals surface area contributed by atoms with Crippen LogP contribution in [0.1, 0.15) is 41.7 Å². The Morgan fingerprint density at radius 1 is 0.905 bits per heavy atom. The van der Waals surface area contributed by atoms with Crippen LogP contribution in [-0.2, 0) is 32.5 Å². The minimum absolute atomic E-state index is 0.0253. The van der Waals surface area contributed by atoms with Gasteiger partial charge in [-0.2, -0.15) is 0 Å². The summed E-state index contributed by atoms with van der Waals surface area (Å²) in [5.41, 5.74) is 4.01. The zero-order chi connectivity index (χ0) is 29.5. The van der Waals surface area contributed by atoms with E-state index < -0.39 is 16.3 Å². The summed E-state index contributed by atoms with van der Waals surface area (Å²) >= 11 is 0. The standard InChI is InChI=1S/C33H37N3O5S/c1-24-31(22-36(2)20-18-28-10-6-7-19-34-28)40-33(41-32(24)26-16-14-25(23-37)15-17-26)27-9-8-11-29(21-27)35-42(38,39)30-12-4-3-5-13-30/h3-17,19,21,24,31-33,35,37H,18,20,22-23H2,1-2H3/t24-,31+,32+,33?/m0/s1. The number of anilines is 1. The number of hydrogen-bond donors (Lipinski definition) is 2. The quantitative estimate of drug-likeness (QED) is 0.244. The molecule has 5 rings (SSSR count). The molecule has 8 nitrogen and oxygen atoms in total. The highest BCUT2D eigenvalue weighted by atomic mass is 32.2.